The molecule has 17 heavy (non-hydrogen) atoms. The first-order valence-electron chi connectivity index (χ1n) is 6.15. The van der Waals surface area contributed by atoms with Gasteiger partial charge >= 0.3 is 0 Å². The molecule has 0 heterocycles. The third-order valence-corrected chi connectivity index (χ3v) is 4.28. The minimum Gasteiger partial charge on any atom is -0.305 e. The Kier molecular flexibility index (Phi) is 4.47. The van der Waals surface area contributed by atoms with E-state index in [4.69, 9.17) is 5.26 Å². The molecule has 0 bridgehead atoms. The molecule has 1 unspecified atom stereocenters. The van der Waals surface area contributed by atoms with E-state index in [1.54, 1.807) is 0 Å². The van der Waals surface area contributed by atoms with Crippen LogP contribution in [0.1, 0.15) is 24.0 Å². The van der Waals surface area contributed by atoms with Gasteiger partial charge < -0.3 is 5.32 Å². The number of thioether (sulfide) groups is 1. The molecule has 3 heteroatoms. The maximum Gasteiger partial charge on any atom is 0.0958 e. The van der Waals surface area contributed by atoms with Crippen LogP contribution in [-0.4, -0.2) is 18.8 Å². The van der Waals surface area contributed by atoms with Gasteiger partial charge in [-0.05, 0) is 56.0 Å². The van der Waals surface area contributed by atoms with E-state index in [-0.39, 0.29) is 6.04 Å². The fraction of sp³-hybridized carbons (Fsp3) is 0.500. The van der Waals surface area contributed by atoms with Gasteiger partial charge in [-0.25, -0.2) is 0 Å². The normalized spacial score (nSPS) is 15.3. The number of hydrogen-bond acceptors (Lipinski definition) is 3. The first kappa shape index (κ1) is 12.5. The number of benzene rings is 1. The Morgan fingerprint density at radius 3 is 3.00 bits per heavy atom. The largest absolute Gasteiger partial charge is 0.305 e. The van der Waals surface area contributed by atoms with Gasteiger partial charge in [0.1, 0.15) is 0 Å². The first-order chi connectivity index (χ1) is 8.33. The van der Waals surface area contributed by atoms with Crippen LogP contribution in [0.4, 0.5) is 0 Å². The quantitative estimate of drug-likeness (QED) is 0.812. The van der Waals surface area contributed by atoms with Crippen molar-refractivity contribution in [3.8, 4) is 6.07 Å². The van der Waals surface area contributed by atoms with Crippen molar-refractivity contribution in [1.82, 2.24) is 5.32 Å². The van der Waals surface area contributed by atoms with Gasteiger partial charge in [0.25, 0.3) is 0 Å². The third kappa shape index (κ3) is 3.24. The molecule has 0 saturated carbocycles. The summed E-state index contributed by atoms with van der Waals surface area (Å²) in [6, 6.07) is 9.05. The maximum atomic E-state index is 8.83. The van der Waals surface area contributed by atoms with Gasteiger partial charge in [-0.2, -0.15) is 5.26 Å². The molecule has 1 aliphatic rings. The fourth-order valence-electron chi connectivity index (χ4n) is 2.21. The lowest BCUT2D eigenvalue weighted by molar-refractivity contribution is 0.663. The predicted octanol–water partition coefficient (Wildman–Crippen LogP) is 2.77. The van der Waals surface area contributed by atoms with Gasteiger partial charge in [0, 0.05) is 10.6 Å². The molecule has 1 atom stereocenters. The van der Waals surface area contributed by atoms with E-state index >= 15 is 0 Å². The van der Waals surface area contributed by atoms with Crippen LogP contribution in [0.5, 0.6) is 0 Å². The van der Waals surface area contributed by atoms with Crippen LogP contribution >= 0.6 is 11.8 Å². The predicted molar refractivity (Wildman–Crippen MR) is 72.3 cm³/mol. The summed E-state index contributed by atoms with van der Waals surface area (Å²) in [4.78, 5) is 1.35. The summed E-state index contributed by atoms with van der Waals surface area (Å²) < 4.78 is 0. The van der Waals surface area contributed by atoms with E-state index in [0.717, 1.165) is 12.2 Å². The first-order valence-corrected chi connectivity index (χ1v) is 7.13. The number of nitrogens with zero attached hydrogens (tertiary/aromatic N) is 1. The Balaban J connectivity index is 1.86. The molecule has 1 aromatic rings. The van der Waals surface area contributed by atoms with Crippen LogP contribution in [0.15, 0.2) is 23.1 Å². The zero-order chi connectivity index (χ0) is 12.1. The number of aryl methyl sites for hydroxylation is 2. The highest BCUT2D eigenvalue weighted by atomic mass is 32.2. The average molecular weight is 246 g/mol. The Labute approximate surface area is 107 Å². The van der Waals surface area contributed by atoms with Gasteiger partial charge in [-0.3, -0.25) is 0 Å². The highest BCUT2D eigenvalue weighted by Gasteiger charge is 2.11. The van der Waals surface area contributed by atoms with Crippen LogP contribution in [0.3, 0.4) is 0 Å². The van der Waals surface area contributed by atoms with Gasteiger partial charge in [-0.1, -0.05) is 6.07 Å². The van der Waals surface area contributed by atoms with Crippen molar-refractivity contribution in [2.24, 2.45) is 0 Å². The lowest BCUT2D eigenvalue weighted by Crippen LogP contribution is -2.23. The van der Waals surface area contributed by atoms with Crippen molar-refractivity contribution in [2.45, 2.75) is 36.6 Å². The molecule has 0 radical (unpaired) electrons. The molecule has 0 spiro atoms. The van der Waals surface area contributed by atoms with Crippen LogP contribution in [-0.2, 0) is 12.8 Å². The standard InChI is InChI=1S/C14H18N2S/c1-16-13(10-15)7-8-17-14-6-5-11-3-2-4-12(11)9-14/h5-6,9,13,16H,2-4,7-8H2,1H3. The van der Waals surface area contributed by atoms with Crippen molar-refractivity contribution in [1.29, 1.82) is 5.26 Å². The number of hydrogen-bond donors (Lipinski definition) is 1. The van der Waals surface area contributed by atoms with Crippen molar-refractivity contribution in [2.75, 3.05) is 12.8 Å². The summed E-state index contributed by atoms with van der Waals surface area (Å²) in [6.07, 6.45) is 4.69. The molecular formula is C14H18N2S. The molecule has 0 aromatic heterocycles. The van der Waals surface area contributed by atoms with Gasteiger partial charge in [0.2, 0.25) is 0 Å². The lowest BCUT2D eigenvalue weighted by Gasteiger charge is -2.08. The van der Waals surface area contributed by atoms with E-state index in [2.05, 4.69) is 29.6 Å². The van der Waals surface area contributed by atoms with Crippen molar-refractivity contribution >= 4 is 11.8 Å². The summed E-state index contributed by atoms with van der Waals surface area (Å²) in [7, 11) is 1.84. The summed E-state index contributed by atoms with van der Waals surface area (Å²) >= 11 is 1.85. The smallest absolute Gasteiger partial charge is 0.0958 e. The van der Waals surface area contributed by atoms with E-state index in [1.807, 2.05) is 18.8 Å². The second-order valence-electron chi connectivity index (χ2n) is 4.39. The molecule has 1 aliphatic carbocycles. The Bertz CT molecular complexity index is 423. The van der Waals surface area contributed by atoms with E-state index < -0.39 is 0 Å². The molecular weight excluding hydrogens is 228 g/mol. The molecule has 0 amide bonds. The number of rotatable bonds is 5. The molecule has 1 N–H and O–H groups in total. The highest BCUT2D eigenvalue weighted by Crippen LogP contribution is 2.27. The lowest BCUT2D eigenvalue weighted by atomic mass is 10.1. The minimum absolute atomic E-state index is 0.0167. The molecule has 2 rings (SSSR count). The Morgan fingerprint density at radius 2 is 2.24 bits per heavy atom. The summed E-state index contributed by atoms with van der Waals surface area (Å²) in [5.41, 5.74) is 3.06. The second kappa shape index (κ2) is 6.09. The number of nitriles is 1. The summed E-state index contributed by atoms with van der Waals surface area (Å²) in [5.74, 6) is 0.998. The number of nitrogens with one attached hydrogen (secondary N) is 1. The average Bonchev–Trinajstić information content (AvgIpc) is 2.82. The maximum absolute atomic E-state index is 8.83. The van der Waals surface area contributed by atoms with Crippen molar-refractivity contribution in [3.63, 3.8) is 0 Å². The Hall–Kier alpha value is -0.980. The van der Waals surface area contributed by atoms with Gasteiger partial charge in [0.05, 0.1) is 12.1 Å². The summed E-state index contributed by atoms with van der Waals surface area (Å²) in [6.45, 7) is 0. The van der Waals surface area contributed by atoms with Crippen molar-refractivity contribution < 1.29 is 0 Å². The zero-order valence-corrected chi connectivity index (χ0v) is 11.0. The van der Waals surface area contributed by atoms with Crippen LogP contribution in [0.2, 0.25) is 0 Å². The van der Waals surface area contributed by atoms with Crippen molar-refractivity contribution in [3.05, 3.63) is 29.3 Å². The van der Waals surface area contributed by atoms with E-state index in [1.165, 1.54) is 35.3 Å². The fourth-order valence-corrected chi connectivity index (χ4v) is 3.19. The molecule has 2 nitrogen and oxygen atoms in total. The monoisotopic (exact) mass is 246 g/mol. The topological polar surface area (TPSA) is 35.8 Å². The van der Waals surface area contributed by atoms with Crippen LogP contribution in [0.25, 0.3) is 0 Å². The van der Waals surface area contributed by atoms with E-state index in [0.29, 0.717) is 0 Å². The van der Waals surface area contributed by atoms with Gasteiger partial charge in [0.15, 0.2) is 0 Å². The number of fused-ring (bicyclic) bond motifs is 1. The van der Waals surface area contributed by atoms with Crippen LogP contribution < -0.4 is 5.32 Å². The molecule has 90 valence electrons. The summed E-state index contributed by atoms with van der Waals surface area (Å²) in [5, 5.41) is 11.8. The third-order valence-electron chi connectivity index (χ3n) is 3.25. The molecule has 0 fully saturated rings. The molecule has 0 saturated heterocycles. The Morgan fingerprint density at radius 1 is 1.41 bits per heavy atom. The zero-order valence-electron chi connectivity index (χ0n) is 10.2. The van der Waals surface area contributed by atoms with Crippen LogP contribution in [0, 0.1) is 11.3 Å². The molecule has 0 aliphatic heterocycles. The molecule has 1 aromatic carbocycles. The minimum atomic E-state index is -0.0167. The SMILES string of the molecule is CNC(C#N)CCSc1ccc2c(c1)CCC2. The second-order valence-corrected chi connectivity index (χ2v) is 5.56. The van der Waals surface area contributed by atoms with Gasteiger partial charge in [-0.15, -0.1) is 11.8 Å². The van der Waals surface area contributed by atoms with E-state index in [9.17, 15) is 0 Å². The highest BCUT2D eigenvalue weighted by molar-refractivity contribution is 7.99.